The predicted molar refractivity (Wildman–Crippen MR) is 88.9 cm³/mol. The summed E-state index contributed by atoms with van der Waals surface area (Å²) in [6.45, 7) is 8.78. The monoisotopic (exact) mass is 302 g/mol. The van der Waals surface area contributed by atoms with Crippen LogP contribution < -0.4 is 0 Å². The summed E-state index contributed by atoms with van der Waals surface area (Å²) in [6.07, 6.45) is 0.830. The van der Waals surface area contributed by atoms with E-state index in [0.29, 0.717) is 11.2 Å². The van der Waals surface area contributed by atoms with Gasteiger partial charge in [-0.25, -0.2) is 4.98 Å². The fourth-order valence-corrected chi connectivity index (χ4v) is 2.53. The Balaban J connectivity index is 2.61. The topological polar surface area (TPSA) is 37.9 Å². The van der Waals surface area contributed by atoms with Gasteiger partial charge in [0.25, 0.3) is 0 Å². The molecule has 0 fully saturated rings. The highest BCUT2D eigenvalue weighted by Crippen LogP contribution is 2.29. The SMILES string of the molecule is CCOC(C)(CC)c1nc(=S)c(C)c(-c2ccccc2)[nH]1. The average molecular weight is 302 g/mol. The van der Waals surface area contributed by atoms with Crippen LogP contribution in [0.2, 0.25) is 0 Å². The Hall–Kier alpha value is -1.52. The van der Waals surface area contributed by atoms with Crippen molar-refractivity contribution in [2.45, 2.75) is 39.7 Å². The van der Waals surface area contributed by atoms with Crippen LogP contribution in [0.3, 0.4) is 0 Å². The van der Waals surface area contributed by atoms with Crippen LogP contribution in [0.25, 0.3) is 11.3 Å². The van der Waals surface area contributed by atoms with Gasteiger partial charge in [0.2, 0.25) is 0 Å². The first-order valence-electron chi connectivity index (χ1n) is 7.32. The van der Waals surface area contributed by atoms with Crippen LogP contribution in [0.5, 0.6) is 0 Å². The molecule has 1 atom stereocenters. The van der Waals surface area contributed by atoms with Crippen molar-refractivity contribution in [2.24, 2.45) is 0 Å². The summed E-state index contributed by atoms with van der Waals surface area (Å²) in [5.41, 5.74) is 2.68. The number of benzene rings is 1. The second-order valence-electron chi connectivity index (χ2n) is 5.27. The highest BCUT2D eigenvalue weighted by atomic mass is 32.1. The van der Waals surface area contributed by atoms with Crippen molar-refractivity contribution in [1.82, 2.24) is 9.97 Å². The Bertz CT molecular complexity index is 666. The van der Waals surface area contributed by atoms with E-state index in [1.165, 1.54) is 0 Å². The molecule has 1 unspecified atom stereocenters. The molecule has 0 saturated carbocycles. The summed E-state index contributed by atoms with van der Waals surface area (Å²) in [5.74, 6) is 0.793. The van der Waals surface area contributed by atoms with E-state index in [0.717, 1.165) is 29.1 Å². The van der Waals surface area contributed by atoms with Crippen LogP contribution in [0.1, 0.15) is 38.6 Å². The molecule has 0 aliphatic heterocycles. The number of rotatable bonds is 5. The van der Waals surface area contributed by atoms with Gasteiger partial charge < -0.3 is 9.72 Å². The highest BCUT2D eigenvalue weighted by molar-refractivity contribution is 7.71. The third-order valence-corrected chi connectivity index (χ3v) is 4.25. The van der Waals surface area contributed by atoms with Crippen molar-refractivity contribution in [3.05, 3.63) is 46.4 Å². The summed E-state index contributed by atoms with van der Waals surface area (Å²) in [6, 6.07) is 10.2. The van der Waals surface area contributed by atoms with Crippen LogP contribution in [-0.2, 0) is 10.3 Å². The smallest absolute Gasteiger partial charge is 0.140 e. The van der Waals surface area contributed by atoms with Gasteiger partial charge in [-0.3, -0.25) is 0 Å². The third kappa shape index (κ3) is 3.22. The summed E-state index contributed by atoms with van der Waals surface area (Å²) in [7, 11) is 0. The van der Waals surface area contributed by atoms with E-state index in [1.54, 1.807) is 0 Å². The van der Waals surface area contributed by atoms with Crippen molar-refractivity contribution < 1.29 is 4.74 Å². The van der Waals surface area contributed by atoms with Crippen molar-refractivity contribution in [3.8, 4) is 11.3 Å². The minimum atomic E-state index is -0.445. The zero-order valence-electron chi connectivity index (χ0n) is 13.1. The van der Waals surface area contributed by atoms with E-state index >= 15 is 0 Å². The van der Waals surface area contributed by atoms with Crippen LogP contribution >= 0.6 is 12.2 Å². The zero-order valence-corrected chi connectivity index (χ0v) is 13.9. The van der Waals surface area contributed by atoms with Gasteiger partial charge in [0.1, 0.15) is 16.1 Å². The summed E-state index contributed by atoms with van der Waals surface area (Å²) < 4.78 is 6.54. The molecule has 1 heterocycles. The third-order valence-electron chi connectivity index (χ3n) is 3.85. The predicted octanol–water partition coefficient (Wildman–Crippen LogP) is 4.78. The number of nitrogens with one attached hydrogen (secondary N) is 1. The number of hydrogen-bond acceptors (Lipinski definition) is 3. The molecular weight excluding hydrogens is 280 g/mol. The van der Waals surface area contributed by atoms with Crippen molar-refractivity contribution in [3.63, 3.8) is 0 Å². The lowest BCUT2D eigenvalue weighted by molar-refractivity contribution is -0.0390. The molecule has 0 amide bonds. The number of ether oxygens (including phenoxy) is 1. The standard InChI is InChI=1S/C17H22N2OS/c1-5-17(4,20-6-2)16-18-14(12(3)15(21)19-16)13-10-8-7-9-11-13/h7-11H,5-6H2,1-4H3,(H,18,19,21). The van der Waals surface area contributed by atoms with E-state index in [9.17, 15) is 0 Å². The molecule has 0 spiro atoms. The average Bonchev–Trinajstić information content (AvgIpc) is 2.50. The Morgan fingerprint density at radius 1 is 1.24 bits per heavy atom. The number of aromatic amines is 1. The van der Waals surface area contributed by atoms with Gasteiger partial charge in [-0.2, -0.15) is 0 Å². The van der Waals surface area contributed by atoms with Gasteiger partial charge in [0.15, 0.2) is 0 Å². The van der Waals surface area contributed by atoms with Crippen molar-refractivity contribution in [2.75, 3.05) is 6.61 Å². The Morgan fingerprint density at radius 2 is 1.90 bits per heavy atom. The van der Waals surface area contributed by atoms with Gasteiger partial charge in [-0.05, 0) is 32.8 Å². The Kier molecular flexibility index (Phi) is 4.91. The van der Waals surface area contributed by atoms with Gasteiger partial charge >= 0.3 is 0 Å². The molecular formula is C17H22N2OS. The molecule has 2 aromatic rings. The van der Waals surface area contributed by atoms with E-state index in [1.807, 2.05) is 39.0 Å². The summed E-state index contributed by atoms with van der Waals surface area (Å²) in [5, 5.41) is 0. The molecule has 0 bridgehead atoms. The lowest BCUT2D eigenvalue weighted by atomic mass is 10.0. The normalized spacial score (nSPS) is 13.9. The maximum Gasteiger partial charge on any atom is 0.140 e. The molecule has 1 aromatic heterocycles. The molecule has 0 aliphatic rings. The van der Waals surface area contributed by atoms with Crippen molar-refractivity contribution >= 4 is 12.2 Å². The molecule has 21 heavy (non-hydrogen) atoms. The van der Waals surface area contributed by atoms with E-state index in [4.69, 9.17) is 17.0 Å². The fraction of sp³-hybridized carbons (Fsp3) is 0.412. The number of aromatic nitrogens is 2. The molecule has 3 nitrogen and oxygen atoms in total. The molecule has 0 saturated heterocycles. The van der Waals surface area contributed by atoms with Crippen LogP contribution in [0.4, 0.5) is 0 Å². The number of nitrogens with zero attached hydrogens (tertiary/aromatic N) is 1. The molecule has 4 heteroatoms. The Labute approximate surface area is 131 Å². The molecule has 1 aromatic carbocycles. The van der Waals surface area contributed by atoms with Gasteiger partial charge in [-0.15, -0.1) is 0 Å². The lowest BCUT2D eigenvalue weighted by Gasteiger charge is -2.28. The second kappa shape index (κ2) is 6.50. The van der Waals surface area contributed by atoms with E-state index < -0.39 is 5.60 Å². The van der Waals surface area contributed by atoms with E-state index in [2.05, 4.69) is 29.0 Å². The highest BCUT2D eigenvalue weighted by Gasteiger charge is 2.28. The zero-order chi connectivity index (χ0) is 15.5. The maximum absolute atomic E-state index is 5.91. The van der Waals surface area contributed by atoms with Crippen LogP contribution in [-0.4, -0.2) is 16.6 Å². The molecule has 2 rings (SSSR count). The van der Waals surface area contributed by atoms with Gasteiger partial charge in [0.05, 0.1) is 5.69 Å². The first-order chi connectivity index (χ1) is 10.0. The quantitative estimate of drug-likeness (QED) is 0.808. The van der Waals surface area contributed by atoms with Crippen LogP contribution in [0.15, 0.2) is 30.3 Å². The second-order valence-corrected chi connectivity index (χ2v) is 5.66. The minimum absolute atomic E-state index is 0.445. The van der Waals surface area contributed by atoms with E-state index in [-0.39, 0.29) is 0 Å². The number of hydrogen-bond donors (Lipinski definition) is 1. The Morgan fingerprint density at radius 3 is 2.48 bits per heavy atom. The lowest BCUT2D eigenvalue weighted by Crippen LogP contribution is -2.28. The number of H-pyrrole nitrogens is 1. The fourth-order valence-electron chi connectivity index (χ4n) is 2.33. The minimum Gasteiger partial charge on any atom is -0.368 e. The molecule has 0 aliphatic carbocycles. The summed E-state index contributed by atoms with van der Waals surface area (Å²) >= 11 is 5.44. The molecule has 0 radical (unpaired) electrons. The first-order valence-corrected chi connectivity index (χ1v) is 7.73. The molecule has 112 valence electrons. The summed E-state index contributed by atoms with van der Waals surface area (Å²) in [4.78, 5) is 8.00. The first kappa shape index (κ1) is 15.9. The molecule has 1 N–H and O–H groups in total. The largest absolute Gasteiger partial charge is 0.368 e. The maximum atomic E-state index is 5.91. The van der Waals surface area contributed by atoms with Crippen LogP contribution in [0, 0.1) is 11.6 Å². The van der Waals surface area contributed by atoms with Gasteiger partial charge in [-0.1, -0.05) is 49.5 Å². The van der Waals surface area contributed by atoms with Crippen molar-refractivity contribution in [1.29, 1.82) is 0 Å². The van der Waals surface area contributed by atoms with Gasteiger partial charge in [0, 0.05) is 12.2 Å².